The van der Waals surface area contributed by atoms with Crippen molar-refractivity contribution in [3.63, 3.8) is 0 Å². The van der Waals surface area contributed by atoms with Gasteiger partial charge in [0.15, 0.2) is 0 Å². The van der Waals surface area contributed by atoms with Crippen molar-refractivity contribution in [3.8, 4) is 0 Å². The summed E-state index contributed by atoms with van der Waals surface area (Å²) in [7, 11) is 0. The largest absolute Gasteiger partial charge is 0.360 e. The van der Waals surface area contributed by atoms with Gasteiger partial charge in [-0.2, -0.15) is 0 Å². The first-order valence-electron chi connectivity index (χ1n) is 12.0. The van der Waals surface area contributed by atoms with Crippen LogP contribution >= 0.6 is 0 Å². The lowest BCUT2D eigenvalue weighted by Crippen LogP contribution is -2.52. The number of carbonyl (C=O) groups excluding carboxylic acids is 2. The molecule has 172 valence electrons. The maximum atomic E-state index is 13.0. The molecule has 2 unspecified atom stereocenters. The Labute approximate surface area is 194 Å². The predicted octanol–water partition coefficient (Wildman–Crippen LogP) is 3.27. The fraction of sp³-hybridized carbons (Fsp3) is 0.423. The zero-order chi connectivity index (χ0) is 22.6. The number of nitrogens with zero attached hydrogens (tertiary/aromatic N) is 2. The second-order valence-corrected chi connectivity index (χ2v) is 9.25. The Kier molecular flexibility index (Phi) is 6.39. The standard InChI is InChI=1S/C26H31N5O2/c32-25(20-15-24-23(29-16-20)8-12-27-24)30-22(19-5-2-1-3-6-19)7-4-11-28-26(33)21-17-31-13-9-18(21)10-14-31/h1-3,5-6,8,12,15-16,18,21-22,27H,4,7,9-11,13-14,17H2,(H,28,33)(H,30,32). The van der Waals surface area contributed by atoms with E-state index in [1.54, 1.807) is 6.20 Å². The third kappa shape index (κ3) is 4.93. The number of aromatic nitrogens is 2. The maximum Gasteiger partial charge on any atom is 0.253 e. The fourth-order valence-corrected chi connectivity index (χ4v) is 5.22. The molecule has 3 aliphatic heterocycles. The van der Waals surface area contributed by atoms with Crippen LogP contribution in [-0.4, -0.2) is 52.9 Å². The summed E-state index contributed by atoms with van der Waals surface area (Å²) in [5.74, 6) is 0.712. The van der Waals surface area contributed by atoms with Crippen molar-refractivity contribution in [2.45, 2.75) is 31.7 Å². The van der Waals surface area contributed by atoms with Crippen molar-refractivity contribution in [1.82, 2.24) is 25.5 Å². The van der Waals surface area contributed by atoms with Gasteiger partial charge < -0.3 is 20.5 Å². The number of H-pyrrole nitrogens is 1. The molecule has 0 saturated carbocycles. The summed E-state index contributed by atoms with van der Waals surface area (Å²) < 4.78 is 0. The highest BCUT2D eigenvalue weighted by atomic mass is 16.2. The van der Waals surface area contributed by atoms with Gasteiger partial charge in [0.05, 0.1) is 28.6 Å². The van der Waals surface area contributed by atoms with Crippen LogP contribution in [0.2, 0.25) is 0 Å². The number of rotatable bonds is 8. The second kappa shape index (κ2) is 9.75. The molecule has 6 rings (SSSR count). The molecular formula is C26H31N5O2. The van der Waals surface area contributed by atoms with Crippen LogP contribution < -0.4 is 10.6 Å². The number of nitrogens with one attached hydrogen (secondary N) is 3. The third-order valence-corrected chi connectivity index (χ3v) is 7.13. The number of fused-ring (bicyclic) bond motifs is 4. The molecule has 2 aromatic heterocycles. The van der Waals surface area contributed by atoms with Gasteiger partial charge in [0.2, 0.25) is 5.91 Å². The number of pyridine rings is 1. The first-order valence-corrected chi connectivity index (χ1v) is 12.0. The van der Waals surface area contributed by atoms with E-state index < -0.39 is 0 Å². The molecule has 2 bridgehead atoms. The predicted molar refractivity (Wildman–Crippen MR) is 128 cm³/mol. The van der Waals surface area contributed by atoms with Crippen LogP contribution in [-0.2, 0) is 4.79 Å². The molecular weight excluding hydrogens is 414 g/mol. The molecule has 7 nitrogen and oxygen atoms in total. The Balaban J connectivity index is 1.18. The van der Waals surface area contributed by atoms with Crippen molar-refractivity contribution < 1.29 is 9.59 Å². The summed E-state index contributed by atoms with van der Waals surface area (Å²) in [5.41, 5.74) is 3.27. The van der Waals surface area contributed by atoms with E-state index in [0.29, 0.717) is 18.0 Å². The molecule has 3 N–H and O–H groups in total. The molecule has 0 radical (unpaired) electrons. The van der Waals surface area contributed by atoms with Crippen molar-refractivity contribution >= 4 is 22.8 Å². The van der Waals surface area contributed by atoms with Gasteiger partial charge in [-0.3, -0.25) is 14.6 Å². The van der Waals surface area contributed by atoms with E-state index in [0.717, 1.165) is 61.9 Å². The lowest BCUT2D eigenvalue weighted by atomic mass is 9.78. The highest BCUT2D eigenvalue weighted by Gasteiger charge is 2.37. The van der Waals surface area contributed by atoms with Crippen molar-refractivity contribution in [2.24, 2.45) is 11.8 Å². The number of benzene rings is 1. The zero-order valence-corrected chi connectivity index (χ0v) is 18.8. The van der Waals surface area contributed by atoms with Crippen LogP contribution in [0, 0.1) is 11.8 Å². The lowest BCUT2D eigenvalue weighted by molar-refractivity contribution is -0.131. The molecule has 3 aliphatic rings. The Hall–Kier alpha value is -3.19. The van der Waals surface area contributed by atoms with E-state index in [-0.39, 0.29) is 23.8 Å². The van der Waals surface area contributed by atoms with Gasteiger partial charge in [0, 0.05) is 25.5 Å². The van der Waals surface area contributed by atoms with Crippen molar-refractivity contribution in [2.75, 3.05) is 26.2 Å². The molecule has 3 aromatic rings. The quantitative estimate of drug-likeness (QED) is 0.464. The Morgan fingerprint density at radius 3 is 2.73 bits per heavy atom. The molecule has 1 aromatic carbocycles. The monoisotopic (exact) mass is 445 g/mol. The molecule has 33 heavy (non-hydrogen) atoms. The van der Waals surface area contributed by atoms with Gasteiger partial charge in [-0.25, -0.2) is 0 Å². The lowest BCUT2D eigenvalue weighted by Gasteiger charge is -2.43. The van der Waals surface area contributed by atoms with Gasteiger partial charge in [-0.1, -0.05) is 30.3 Å². The summed E-state index contributed by atoms with van der Waals surface area (Å²) in [6.45, 7) is 3.80. The average molecular weight is 446 g/mol. The minimum Gasteiger partial charge on any atom is -0.360 e. The summed E-state index contributed by atoms with van der Waals surface area (Å²) in [6, 6.07) is 13.6. The second-order valence-electron chi connectivity index (χ2n) is 9.25. The molecule has 3 fully saturated rings. The summed E-state index contributed by atoms with van der Waals surface area (Å²) in [6.07, 6.45) is 7.25. The molecule has 2 amide bonds. The van der Waals surface area contributed by atoms with E-state index in [1.807, 2.05) is 48.7 Å². The smallest absolute Gasteiger partial charge is 0.253 e. The van der Waals surface area contributed by atoms with Gasteiger partial charge in [0.1, 0.15) is 0 Å². The van der Waals surface area contributed by atoms with E-state index in [4.69, 9.17) is 0 Å². The maximum absolute atomic E-state index is 13.0. The highest BCUT2D eigenvalue weighted by molar-refractivity contribution is 5.96. The fourth-order valence-electron chi connectivity index (χ4n) is 5.22. The normalized spacial score (nSPS) is 22.7. The minimum atomic E-state index is -0.149. The van der Waals surface area contributed by atoms with Crippen LogP contribution in [0.4, 0.5) is 0 Å². The number of hydrogen-bond acceptors (Lipinski definition) is 4. The topological polar surface area (TPSA) is 90.1 Å². The number of piperidine rings is 3. The minimum absolute atomic E-state index is 0.132. The van der Waals surface area contributed by atoms with Crippen LogP contribution in [0.1, 0.15) is 47.6 Å². The van der Waals surface area contributed by atoms with Crippen LogP contribution in [0.25, 0.3) is 11.0 Å². The van der Waals surface area contributed by atoms with Crippen LogP contribution in [0.5, 0.6) is 0 Å². The van der Waals surface area contributed by atoms with Crippen LogP contribution in [0.15, 0.2) is 54.9 Å². The Bertz CT molecular complexity index is 1100. The summed E-state index contributed by atoms with van der Waals surface area (Å²) in [4.78, 5) is 35.6. The van der Waals surface area contributed by atoms with Crippen LogP contribution in [0.3, 0.4) is 0 Å². The Morgan fingerprint density at radius 1 is 1.15 bits per heavy atom. The molecule has 0 aliphatic carbocycles. The van der Waals surface area contributed by atoms with Crippen molar-refractivity contribution in [1.29, 1.82) is 0 Å². The van der Waals surface area contributed by atoms with E-state index in [2.05, 4.69) is 25.5 Å². The zero-order valence-electron chi connectivity index (χ0n) is 18.8. The van der Waals surface area contributed by atoms with Gasteiger partial charge >= 0.3 is 0 Å². The first kappa shape index (κ1) is 21.6. The van der Waals surface area contributed by atoms with Gasteiger partial charge in [0.25, 0.3) is 5.91 Å². The third-order valence-electron chi connectivity index (χ3n) is 7.13. The van der Waals surface area contributed by atoms with E-state index >= 15 is 0 Å². The van der Waals surface area contributed by atoms with Crippen molar-refractivity contribution in [3.05, 3.63) is 66.0 Å². The summed E-state index contributed by atoms with van der Waals surface area (Å²) >= 11 is 0. The van der Waals surface area contributed by atoms with E-state index in [1.165, 1.54) is 0 Å². The molecule has 7 heteroatoms. The molecule has 3 saturated heterocycles. The number of amides is 2. The molecule has 5 heterocycles. The number of hydrogen-bond donors (Lipinski definition) is 3. The molecule has 0 spiro atoms. The first-order chi connectivity index (χ1) is 16.2. The van der Waals surface area contributed by atoms with Gasteiger partial charge in [-0.05, 0) is 62.4 Å². The molecule has 2 atom stereocenters. The number of carbonyl (C=O) groups is 2. The van der Waals surface area contributed by atoms with E-state index in [9.17, 15) is 9.59 Å². The van der Waals surface area contributed by atoms with Gasteiger partial charge in [-0.15, -0.1) is 0 Å². The Morgan fingerprint density at radius 2 is 1.97 bits per heavy atom. The highest BCUT2D eigenvalue weighted by Crippen LogP contribution is 2.32. The SMILES string of the molecule is O=C(NC(CCCNC(=O)C1CN2CCC1CC2)c1ccccc1)c1cnc2cc[nH]c2c1. The number of aromatic amines is 1. The summed E-state index contributed by atoms with van der Waals surface area (Å²) in [5, 5.41) is 6.32. The average Bonchev–Trinajstić information content (AvgIpc) is 3.35.